The Bertz CT molecular complexity index is 1360. The van der Waals surface area contributed by atoms with Crippen LogP contribution in [0.2, 0.25) is 5.02 Å². The minimum Gasteiger partial charge on any atom is -0.494 e. The molecule has 0 saturated heterocycles. The van der Waals surface area contributed by atoms with Crippen LogP contribution in [0.1, 0.15) is 20.9 Å². The number of nitrogens with one attached hydrogen (secondary N) is 3. The van der Waals surface area contributed by atoms with Crippen LogP contribution < -0.4 is 20.7 Å². The molecule has 4 aromatic rings. The first-order chi connectivity index (χ1) is 16.0. The van der Waals surface area contributed by atoms with Crippen LogP contribution >= 0.6 is 23.8 Å². The predicted octanol–water partition coefficient (Wildman–Crippen LogP) is 5.47. The van der Waals surface area contributed by atoms with Gasteiger partial charge in [0.2, 0.25) is 0 Å². The maximum absolute atomic E-state index is 12.8. The van der Waals surface area contributed by atoms with E-state index in [-0.39, 0.29) is 16.8 Å². The summed E-state index contributed by atoms with van der Waals surface area (Å²) in [5.41, 5.74) is 1.47. The number of amides is 2. The van der Waals surface area contributed by atoms with Crippen LogP contribution in [0.4, 0.5) is 11.4 Å². The molecule has 1 aromatic heterocycles. The van der Waals surface area contributed by atoms with Crippen LogP contribution in [-0.4, -0.2) is 24.0 Å². The molecule has 0 atom stereocenters. The van der Waals surface area contributed by atoms with E-state index in [1.807, 2.05) is 12.1 Å². The summed E-state index contributed by atoms with van der Waals surface area (Å²) < 4.78 is 10.5. The van der Waals surface area contributed by atoms with E-state index in [9.17, 15) is 9.59 Å². The van der Waals surface area contributed by atoms with Gasteiger partial charge in [-0.1, -0.05) is 35.9 Å². The molecule has 166 valence electrons. The van der Waals surface area contributed by atoms with E-state index in [1.54, 1.807) is 54.6 Å². The highest BCUT2D eigenvalue weighted by atomic mass is 35.5. The molecule has 0 bridgehead atoms. The number of hydrogen-bond acceptors (Lipinski definition) is 5. The lowest BCUT2D eigenvalue weighted by molar-refractivity contribution is 0.0976. The molecular formula is C24H18ClN3O4S. The largest absolute Gasteiger partial charge is 0.494 e. The number of furan rings is 1. The molecular weight excluding hydrogens is 462 g/mol. The average Bonchev–Trinajstić information content (AvgIpc) is 3.35. The second kappa shape index (κ2) is 9.72. The van der Waals surface area contributed by atoms with Crippen molar-refractivity contribution >= 4 is 62.9 Å². The van der Waals surface area contributed by atoms with Gasteiger partial charge in [0.15, 0.2) is 10.9 Å². The van der Waals surface area contributed by atoms with Gasteiger partial charge < -0.3 is 19.8 Å². The van der Waals surface area contributed by atoms with Gasteiger partial charge in [0.25, 0.3) is 11.8 Å². The van der Waals surface area contributed by atoms with Crippen LogP contribution in [0.25, 0.3) is 10.8 Å². The highest BCUT2D eigenvalue weighted by Crippen LogP contribution is 2.29. The molecule has 0 aliphatic rings. The van der Waals surface area contributed by atoms with E-state index in [1.165, 1.54) is 13.4 Å². The zero-order valence-electron chi connectivity index (χ0n) is 17.3. The second-order valence-corrected chi connectivity index (χ2v) is 7.71. The first-order valence-electron chi connectivity index (χ1n) is 9.78. The van der Waals surface area contributed by atoms with Crippen molar-refractivity contribution in [2.45, 2.75) is 0 Å². The number of thiocarbonyl (C=S) groups is 1. The minimum absolute atomic E-state index is 0.105. The molecule has 9 heteroatoms. The molecule has 2 amide bonds. The fourth-order valence-corrected chi connectivity index (χ4v) is 3.71. The average molecular weight is 480 g/mol. The van der Waals surface area contributed by atoms with Gasteiger partial charge in [0.05, 0.1) is 19.1 Å². The first kappa shape index (κ1) is 22.3. The van der Waals surface area contributed by atoms with E-state index >= 15 is 0 Å². The normalized spacial score (nSPS) is 10.5. The minimum atomic E-state index is -0.406. The zero-order valence-corrected chi connectivity index (χ0v) is 18.9. The third-order valence-electron chi connectivity index (χ3n) is 4.79. The number of halogens is 1. The lowest BCUT2D eigenvalue weighted by atomic mass is 10.0. The Kier molecular flexibility index (Phi) is 6.58. The number of anilines is 2. The van der Waals surface area contributed by atoms with Crippen LogP contribution in [-0.2, 0) is 0 Å². The Morgan fingerprint density at radius 1 is 0.939 bits per heavy atom. The zero-order chi connectivity index (χ0) is 23.4. The summed E-state index contributed by atoms with van der Waals surface area (Å²) in [6.45, 7) is 0. The van der Waals surface area contributed by atoms with Crippen molar-refractivity contribution in [3.05, 3.63) is 89.3 Å². The van der Waals surface area contributed by atoms with Gasteiger partial charge in [-0.2, -0.15) is 0 Å². The molecule has 4 rings (SSSR count). The molecule has 0 fully saturated rings. The van der Waals surface area contributed by atoms with E-state index in [0.29, 0.717) is 27.7 Å². The van der Waals surface area contributed by atoms with Crippen molar-refractivity contribution in [3.63, 3.8) is 0 Å². The molecule has 0 unspecified atom stereocenters. The number of rotatable bonds is 5. The third kappa shape index (κ3) is 4.97. The number of benzene rings is 3. The summed E-state index contributed by atoms with van der Waals surface area (Å²) >= 11 is 11.5. The molecule has 33 heavy (non-hydrogen) atoms. The summed E-state index contributed by atoms with van der Waals surface area (Å²) in [5.74, 6) is -0.192. The number of hydrogen-bond donors (Lipinski definition) is 3. The number of fused-ring (bicyclic) bond motifs is 1. The highest BCUT2D eigenvalue weighted by molar-refractivity contribution is 7.80. The van der Waals surface area contributed by atoms with Crippen LogP contribution in [0.15, 0.2) is 77.4 Å². The van der Waals surface area contributed by atoms with E-state index in [4.69, 9.17) is 33.0 Å². The molecule has 7 nitrogen and oxygen atoms in total. The molecule has 1 heterocycles. The number of carbonyl (C=O) groups excluding carboxylic acids is 2. The lowest BCUT2D eigenvalue weighted by Gasteiger charge is -2.14. The SMILES string of the molecule is COc1cc(NC(=S)NC(=O)c2cccc3c(Cl)cccc23)ccc1NC(=O)c1ccco1. The highest BCUT2D eigenvalue weighted by Gasteiger charge is 2.15. The topological polar surface area (TPSA) is 92.6 Å². The van der Waals surface area contributed by atoms with E-state index in [2.05, 4.69) is 16.0 Å². The molecule has 0 aliphatic heterocycles. The molecule has 0 spiro atoms. The molecule has 0 radical (unpaired) electrons. The van der Waals surface area contributed by atoms with Crippen molar-refractivity contribution in [3.8, 4) is 5.75 Å². The number of ether oxygens (including phenoxy) is 1. The van der Waals surface area contributed by atoms with Crippen molar-refractivity contribution in [1.29, 1.82) is 0 Å². The summed E-state index contributed by atoms with van der Waals surface area (Å²) in [5, 5.41) is 10.5. The number of methoxy groups -OCH3 is 1. The predicted molar refractivity (Wildman–Crippen MR) is 132 cm³/mol. The summed E-state index contributed by atoms with van der Waals surface area (Å²) in [6, 6.07) is 18.9. The van der Waals surface area contributed by atoms with Gasteiger partial charge in [-0.05, 0) is 54.0 Å². The number of carbonyl (C=O) groups is 2. The van der Waals surface area contributed by atoms with E-state index < -0.39 is 5.91 Å². The van der Waals surface area contributed by atoms with Crippen molar-refractivity contribution in [2.75, 3.05) is 17.7 Å². The maximum atomic E-state index is 12.8. The Morgan fingerprint density at radius 3 is 2.48 bits per heavy atom. The Balaban J connectivity index is 1.46. The fraction of sp³-hybridized carbons (Fsp3) is 0.0417. The van der Waals surface area contributed by atoms with Crippen molar-refractivity contribution in [1.82, 2.24) is 5.32 Å². The van der Waals surface area contributed by atoms with Crippen LogP contribution in [0, 0.1) is 0 Å². The van der Waals surface area contributed by atoms with Gasteiger partial charge in [-0.25, -0.2) is 0 Å². The maximum Gasteiger partial charge on any atom is 0.291 e. The Labute approximate surface area is 199 Å². The van der Waals surface area contributed by atoms with Crippen LogP contribution in [0.5, 0.6) is 5.75 Å². The summed E-state index contributed by atoms with van der Waals surface area (Å²) in [6.07, 6.45) is 1.42. The Hall–Kier alpha value is -3.88. The van der Waals surface area contributed by atoms with Gasteiger partial charge in [0.1, 0.15) is 5.75 Å². The van der Waals surface area contributed by atoms with E-state index in [0.717, 1.165) is 10.8 Å². The Morgan fingerprint density at radius 2 is 1.73 bits per heavy atom. The van der Waals surface area contributed by atoms with Gasteiger partial charge in [-0.3, -0.25) is 14.9 Å². The standard InChI is InChI=1S/C24H18ClN3O4S/c1-31-21-13-14(10-11-19(21)27-23(30)20-9-4-12-32-20)26-24(33)28-22(29)17-7-2-6-16-15(17)5-3-8-18(16)25/h2-13H,1H3,(H,27,30)(H2,26,28,29,33). The molecule has 3 aromatic carbocycles. The smallest absolute Gasteiger partial charge is 0.291 e. The van der Waals surface area contributed by atoms with Gasteiger partial charge in [-0.15, -0.1) is 0 Å². The van der Waals surface area contributed by atoms with Crippen molar-refractivity contribution in [2.24, 2.45) is 0 Å². The van der Waals surface area contributed by atoms with Crippen molar-refractivity contribution < 1.29 is 18.7 Å². The van der Waals surface area contributed by atoms with Gasteiger partial charge in [0, 0.05) is 27.7 Å². The van der Waals surface area contributed by atoms with Gasteiger partial charge >= 0.3 is 0 Å². The lowest BCUT2D eigenvalue weighted by Crippen LogP contribution is -2.34. The quantitative estimate of drug-likeness (QED) is 0.328. The molecule has 3 N–H and O–H groups in total. The third-order valence-corrected chi connectivity index (χ3v) is 5.33. The van der Waals surface area contributed by atoms with Crippen LogP contribution in [0.3, 0.4) is 0 Å². The molecule has 0 aliphatic carbocycles. The fourth-order valence-electron chi connectivity index (χ4n) is 3.27. The molecule has 0 saturated carbocycles. The summed E-state index contributed by atoms with van der Waals surface area (Å²) in [7, 11) is 1.48. The monoisotopic (exact) mass is 479 g/mol. The second-order valence-electron chi connectivity index (χ2n) is 6.90. The first-order valence-corrected chi connectivity index (χ1v) is 10.6. The summed E-state index contributed by atoms with van der Waals surface area (Å²) in [4.78, 5) is 25.0.